The summed E-state index contributed by atoms with van der Waals surface area (Å²) < 4.78 is 0. The zero-order valence-corrected chi connectivity index (χ0v) is 16.8. The highest BCUT2D eigenvalue weighted by Crippen LogP contribution is 2.41. The van der Waals surface area contributed by atoms with Gasteiger partial charge in [-0.05, 0) is 56.2 Å². The average Bonchev–Trinajstić information content (AvgIpc) is 2.69. The summed E-state index contributed by atoms with van der Waals surface area (Å²) >= 11 is 0. The van der Waals surface area contributed by atoms with Crippen LogP contribution in [0, 0.1) is 0 Å². The summed E-state index contributed by atoms with van der Waals surface area (Å²) in [6, 6.07) is 7.85. The fourth-order valence-corrected chi connectivity index (χ4v) is 4.99. The normalized spacial score (nSPS) is 26.7. The molecule has 1 aliphatic carbocycles. The van der Waals surface area contributed by atoms with Gasteiger partial charge in [0.15, 0.2) is 0 Å². The average molecular weight is 396 g/mol. The van der Waals surface area contributed by atoms with Crippen LogP contribution < -0.4 is 21.7 Å². The van der Waals surface area contributed by atoms with Gasteiger partial charge in [0.1, 0.15) is 5.66 Å². The number of anilines is 1. The molecule has 154 valence electrons. The monoisotopic (exact) mass is 396 g/mol. The molecule has 0 aromatic heterocycles. The molecule has 2 amide bonds. The standard InChI is InChI=1S/C21H28N6O2/c1-2-20(13-10-16(28)24-17(20)29)14-6-8-15(9-7-14)27-19(23)25-18(22)26-21(27)11-4-3-5-12-21/h6-9H,2-5,10-13H2,1H3,(H,24,28,29)(H4,22,23,25,26). The highest BCUT2D eigenvalue weighted by molar-refractivity contribution is 6.06. The Labute approximate surface area is 170 Å². The van der Waals surface area contributed by atoms with Gasteiger partial charge in [-0.15, -0.1) is 0 Å². The van der Waals surface area contributed by atoms with E-state index in [-0.39, 0.29) is 17.8 Å². The number of hydrogen-bond acceptors (Lipinski definition) is 7. The molecule has 1 unspecified atom stereocenters. The summed E-state index contributed by atoms with van der Waals surface area (Å²) in [6.07, 6.45) is 6.54. The lowest BCUT2D eigenvalue weighted by molar-refractivity contribution is -0.138. The Kier molecular flexibility index (Phi) is 4.80. The highest BCUT2D eigenvalue weighted by atomic mass is 16.2. The smallest absolute Gasteiger partial charge is 0.237 e. The summed E-state index contributed by atoms with van der Waals surface area (Å²) in [5, 5.41) is 2.50. The first-order valence-corrected chi connectivity index (χ1v) is 10.3. The van der Waals surface area contributed by atoms with Crippen LogP contribution in [0.3, 0.4) is 0 Å². The zero-order valence-electron chi connectivity index (χ0n) is 16.8. The number of imide groups is 1. The van der Waals surface area contributed by atoms with Gasteiger partial charge in [0.2, 0.25) is 23.7 Å². The van der Waals surface area contributed by atoms with E-state index in [4.69, 9.17) is 16.5 Å². The predicted molar refractivity (Wildman–Crippen MR) is 112 cm³/mol. The fraction of sp³-hybridized carbons (Fsp3) is 0.524. The second kappa shape index (κ2) is 7.17. The van der Waals surface area contributed by atoms with Crippen molar-refractivity contribution in [2.24, 2.45) is 21.5 Å². The predicted octanol–water partition coefficient (Wildman–Crippen LogP) is 1.88. The Morgan fingerprint density at radius 3 is 2.38 bits per heavy atom. The zero-order chi connectivity index (χ0) is 20.6. The van der Waals surface area contributed by atoms with E-state index >= 15 is 0 Å². The molecule has 1 saturated heterocycles. The number of nitrogens with zero attached hydrogens (tertiary/aromatic N) is 3. The SMILES string of the molecule is CCC1(c2ccc(N3C(N)=NC(N)=NC34CCCCC4)cc2)CCC(=O)NC1=O. The number of hydrogen-bond donors (Lipinski definition) is 3. The van der Waals surface area contributed by atoms with Crippen molar-refractivity contribution < 1.29 is 9.59 Å². The van der Waals surface area contributed by atoms with E-state index < -0.39 is 11.1 Å². The molecule has 2 aliphatic heterocycles. The molecule has 0 radical (unpaired) electrons. The molecule has 1 aromatic rings. The van der Waals surface area contributed by atoms with Crippen LogP contribution in [0.15, 0.2) is 34.3 Å². The summed E-state index contributed by atoms with van der Waals surface area (Å²) in [5.74, 6) is 0.149. The maximum Gasteiger partial charge on any atom is 0.237 e. The number of amides is 2. The first kappa shape index (κ1) is 19.4. The molecule has 29 heavy (non-hydrogen) atoms. The van der Waals surface area contributed by atoms with Crippen molar-refractivity contribution in [1.82, 2.24) is 5.32 Å². The van der Waals surface area contributed by atoms with E-state index in [1.165, 1.54) is 6.42 Å². The van der Waals surface area contributed by atoms with E-state index in [1.807, 2.05) is 36.1 Å². The van der Waals surface area contributed by atoms with Gasteiger partial charge in [-0.3, -0.25) is 19.8 Å². The number of nitrogens with two attached hydrogens (primary N) is 2. The van der Waals surface area contributed by atoms with E-state index in [0.717, 1.165) is 36.9 Å². The number of guanidine groups is 2. The summed E-state index contributed by atoms with van der Waals surface area (Å²) in [7, 11) is 0. The highest BCUT2D eigenvalue weighted by Gasteiger charge is 2.44. The lowest BCUT2D eigenvalue weighted by Gasteiger charge is -2.45. The molecule has 2 fully saturated rings. The molecule has 5 N–H and O–H groups in total. The minimum atomic E-state index is -0.681. The molecule has 8 heteroatoms. The molecular formula is C21H28N6O2. The molecule has 1 spiro atoms. The quantitative estimate of drug-likeness (QED) is 0.673. The van der Waals surface area contributed by atoms with Crippen LogP contribution in [-0.2, 0) is 15.0 Å². The number of carbonyl (C=O) groups is 2. The van der Waals surface area contributed by atoms with Crippen LogP contribution in [-0.4, -0.2) is 29.4 Å². The van der Waals surface area contributed by atoms with Gasteiger partial charge in [0, 0.05) is 12.1 Å². The third-order valence-corrected chi connectivity index (χ3v) is 6.60. The summed E-state index contributed by atoms with van der Waals surface area (Å²) in [6.45, 7) is 1.98. The van der Waals surface area contributed by atoms with Crippen molar-refractivity contribution in [1.29, 1.82) is 0 Å². The topological polar surface area (TPSA) is 126 Å². The van der Waals surface area contributed by atoms with Crippen molar-refractivity contribution in [2.45, 2.75) is 69.4 Å². The molecule has 2 heterocycles. The number of benzene rings is 1. The molecule has 1 aromatic carbocycles. The van der Waals surface area contributed by atoms with Crippen molar-refractivity contribution in [3.63, 3.8) is 0 Å². The van der Waals surface area contributed by atoms with Crippen LogP contribution in [0.2, 0.25) is 0 Å². The van der Waals surface area contributed by atoms with E-state index in [0.29, 0.717) is 25.2 Å². The molecule has 3 aliphatic rings. The number of piperidine rings is 1. The number of nitrogens with one attached hydrogen (secondary N) is 1. The van der Waals surface area contributed by atoms with Gasteiger partial charge in [-0.1, -0.05) is 25.5 Å². The van der Waals surface area contributed by atoms with Gasteiger partial charge >= 0.3 is 0 Å². The lowest BCUT2D eigenvalue weighted by atomic mass is 9.72. The van der Waals surface area contributed by atoms with Crippen LogP contribution in [0.4, 0.5) is 5.69 Å². The molecule has 8 nitrogen and oxygen atoms in total. The van der Waals surface area contributed by atoms with Crippen LogP contribution in [0.5, 0.6) is 0 Å². The van der Waals surface area contributed by atoms with Crippen LogP contribution in [0.25, 0.3) is 0 Å². The van der Waals surface area contributed by atoms with Crippen molar-refractivity contribution in [2.75, 3.05) is 4.90 Å². The van der Waals surface area contributed by atoms with Crippen LogP contribution in [0.1, 0.15) is 63.9 Å². The van der Waals surface area contributed by atoms with Gasteiger partial charge in [-0.25, -0.2) is 4.99 Å². The molecular weight excluding hydrogens is 368 g/mol. The Morgan fingerprint density at radius 1 is 1.07 bits per heavy atom. The molecule has 0 bridgehead atoms. The van der Waals surface area contributed by atoms with E-state index in [2.05, 4.69) is 10.3 Å². The van der Waals surface area contributed by atoms with Gasteiger partial charge in [0.05, 0.1) is 5.41 Å². The largest absolute Gasteiger partial charge is 0.369 e. The van der Waals surface area contributed by atoms with Gasteiger partial charge in [-0.2, -0.15) is 4.99 Å². The first-order chi connectivity index (χ1) is 13.9. The minimum absolute atomic E-state index is 0.206. The second-order valence-electron chi connectivity index (χ2n) is 8.18. The lowest BCUT2D eigenvalue weighted by Crippen LogP contribution is -2.58. The Bertz CT molecular complexity index is 885. The van der Waals surface area contributed by atoms with Gasteiger partial charge < -0.3 is 11.5 Å². The number of rotatable bonds is 3. The molecule has 1 saturated carbocycles. The fourth-order valence-electron chi connectivity index (χ4n) is 4.99. The van der Waals surface area contributed by atoms with Crippen molar-refractivity contribution >= 4 is 29.4 Å². The third kappa shape index (κ3) is 3.16. The second-order valence-corrected chi connectivity index (χ2v) is 8.18. The summed E-state index contributed by atoms with van der Waals surface area (Å²) in [5.41, 5.74) is 12.8. The summed E-state index contributed by atoms with van der Waals surface area (Å²) in [4.78, 5) is 35.2. The van der Waals surface area contributed by atoms with E-state index in [1.54, 1.807) is 0 Å². The molecule has 4 rings (SSSR count). The Hall–Kier alpha value is -2.90. The minimum Gasteiger partial charge on any atom is -0.369 e. The van der Waals surface area contributed by atoms with Crippen LogP contribution >= 0.6 is 0 Å². The maximum atomic E-state index is 12.7. The maximum absolute atomic E-state index is 12.7. The Balaban J connectivity index is 1.69. The number of carbonyl (C=O) groups excluding carboxylic acids is 2. The first-order valence-electron chi connectivity index (χ1n) is 10.3. The Morgan fingerprint density at radius 2 is 1.76 bits per heavy atom. The van der Waals surface area contributed by atoms with Crippen molar-refractivity contribution in [3.8, 4) is 0 Å². The third-order valence-electron chi connectivity index (χ3n) is 6.60. The molecule has 1 atom stereocenters. The number of aliphatic imine (C=N–C) groups is 2. The van der Waals surface area contributed by atoms with E-state index in [9.17, 15) is 9.59 Å². The van der Waals surface area contributed by atoms with Gasteiger partial charge in [0.25, 0.3) is 0 Å². The van der Waals surface area contributed by atoms with Crippen molar-refractivity contribution in [3.05, 3.63) is 29.8 Å².